The lowest BCUT2D eigenvalue weighted by Crippen LogP contribution is -2.28. The van der Waals surface area contributed by atoms with Gasteiger partial charge in [-0.15, -0.1) is 0 Å². The Morgan fingerprint density at radius 2 is 1.89 bits per heavy atom. The van der Waals surface area contributed by atoms with Crippen molar-refractivity contribution in [1.82, 2.24) is 14.8 Å². The SMILES string of the molecule is O=C(Nc1ccc(Cn2cncn2)cc1)[C@H]1CC(=O)N(c2ccc(F)cc2)C1. The molecule has 1 aromatic heterocycles. The summed E-state index contributed by atoms with van der Waals surface area (Å²) in [5.41, 5.74) is 2.29. The topological polar surface area (TPSA) is 80.1 Å². The average molecular weight is 379 g/mol. The van der Waals surface area contributed by atoms with E-state index in [4.69, 9.17) is 0 Å². The Kier molecular flexibility index (Phi) is 4.84. The zero-order chi connectivity index (χ0) is 19.5. The first-order chi connectivity index (χ1) is 13.6. The summed E-state index contributed by atoms with van der Waals surface area (Å²) in [6, 6.07) is 13.1. The maximum Gasteiger partial charge on any atom is 0.229 e. The molecule has 7 nitrogen and oxygen atoms in total. The summed E-state index contributed by atoms with van der Waals surface area (Å²) in [5.74, 6) is -1.17. The summed E-state index contributed by atoms with van der Waals surface area (Å²) >= 11 is 0. The van der Waals surface area contributed by atoms with E-state index in [-0.39, 0.29) is 30.6 Å². The highest BCUT2D eigenvalue weighted by molar-refractivity contribution is 6.03. The molecule has 3 aromatic rings. The number of amides is 2. The molecular weight excluding hydrogens is 361 g/mol. The lowest BCUT2D eigenvalue weighted by Gasteiger charge is -2.16. The highest BCUT2D eigenvalue weighted by atomic mass is 19.1. The van der Waals surface area contributed by atoms with E-state index in [1.54, 1.807) is 23.1 Å². The molecule has 4 rings (SSSR count). The van der Waals surface area contributed by atoms with Crippen LogP contribution in [0.3, 0.4) is 0 Å². The molecule has 1 aliphatic heterocycles. The standard InChI is InChI=1S/C20H18FN5O2/c21-16-3-7-18(8-4-16)26-11-15(9-19(26)27)20(28)24-17-5-1-14(2-6-17)10-25-13-22-12-23-25/h1-8,12-13,15H,9-11H2,(H,24,28)/t15-/m0/s1. The molecule has 0 saturated carbocycles. The van der Waals surface area contributed by atoms with Gasteiger partial charge < -0.3 is 10.2 Å². The maximum absolute atomic E-state index is 13.1. The number of benzene rings is 2. The van der Waals surface area contributed by atoms with Crippen LogP contribution in [0.5, 0.6) is 0 Å². The van der Waals surface area contributed by atoms with E-state index in [9.17, 15) is 14.0 Å². The highest BCUT2D eigenvalue weighted by Crippen LogP contribution is 2.26. The molecule has 0 radical (unpaired) electrons. The second-order valence-corrected chi connectivity index (χ2v) is 6.66. The number of carbonyl (C=O) groups excluding carboxylic acids is 2. The van der Waals surface area contributed by atoms with Gasteiger partial charge in [0.1, 0.15) is 18.5 Å². The van der Waals surface area contributed by atoms with Crippen molar-refractivity contribution in [1.29, 1.82) is 0 Å². The molecule has 0 aliphatic carbocycles. The molecule has 2 heterocycles. The van der Waals surface area contributed by atoms with Crippen molar-refractivity contribution in [2.45, 2.75) is 13.0 Å². The molecule has 1 aliphatic rings. The van der Waals surface area contributed by atoms with Gasteiger partial charge in [0.25, 0.3) is 0 Å². The van der Waals surface area contributed by atoms with Crippen molar-refractivity contribution >= 4 is 23.2 Å². The zero-order valence-electron chi connectivity index (χ0n) is 15.0. The molecule has 2 amide bonds. The van der Waals surface area contributed by atoms with E-state index in [0.29, 0.717) is 17.9 Å². The summed E-state index contributed by atoms with van der Waals surface area (Å²) in [6.07, 6.45) is 3.25. The maximum atomic E-state index is 13.1. The second-order valence-electron chi connectivity index (χ2n) is 6.66. The molecule has 28 heavy (non-hydrogen) atoms. The third-order valence-corrected chi connectivity index (χ3v) is 4.67. The monoisotopic (exact) mass is 379 g/mol. The molecular formula is C20H18FN5O2. The Hall–Kier alpha value is -3.55. The third-order valence-electron chi connectivity index (χ3n) is 4.67. The third kappa shape index (κ3) is 3.90. The summed E-state index contributed by atoms with van der Waals surface area (Å²) in [5, 5.41) is 6.92. The van der Waals surface area contributed by atoms with Gasteiger partial charge in [-0.1, -0.05) is 12.1 Å². The molecule has 142 valence electrons. The number of hydrogen-bond donors (Lipinski definition) is 1. The normalized spacial score (nSPS) is 16.4. The summed E-state index contributed by atoms with van der Waals surface area (Å²) in [7, 11) is 0. The minimum atomic E-state index is -0.452. The molecule has 1 saturated heterocycles. The van der Waals surface area contributed by atoms with E-state index in [1.165, 1.54) is 23.4 Å². The largest absolute Gasteiger partial charge is 0.326 e. The Morgan fingerprint density at radius 3 is 2.57 bits per heavy atom. The van der Waals surface area contributed by atoms with E-state index in [1.807, 2.05) is 24.3 Å². The Balaban J connectivity index is 1.37. The number of rotatable bonds is 5. The number of nitrogens with zero attached hydrogens (tertiary/aromatic N) is 4. The quantitative estimate of drug-likeness (QED) is 0.739. The van der Waals surface area contributed by atoms with Gasteiger partial charge in [-0.2, -0.15) is 5.10 Å². The lowest BCUT2D eigenvalue weighted by molar-refractivity contribution is -0.122. The van der Waals surface area contributed by atoms with Gasteiger partial charge in [0.2, 0.25) is 11.8 Å². The van der Waals surface area contributed by atoms with Crippen molar-refractivity contribution < 1.29 is 14.0 Å². The molecule has 1 atom stereocenters. The summed E-state index contributed by atoms with van der Waals surface area (Å²) < 4.78 is 14.8. The average Bonchev–Trinajstić information content (AvgIpc) is 3.34. The Morgan fingerprint density at radius 1 is 1.14 bits per heavy atom. The zero-order valence-corrected chi connectivity index (χ0v) is 15.0. The fourth-order valence-electron chi connectivity index (χ4n) is 3.19. The van der Waals surface area contributed by atoms with Crippen molar-refractivity contribution in [2.24, 2.45) is 5.92 Å². The first-order valence-corrected chi connectivity index (χ1v) is 8.86. The number of carbonyl (C=O) groups is 2. The number of aromatic nitrogens is 3. The van der Waals surface area contributed by atoms with Crippen molar-refractivity contribution in [3.05, 3.63) is 72.6 Å². The predicted octanol–water partition coefficient (Wildman–Crippen LogP) is 2.46. The van der Waals surface area contributed by atoms with Gasteiger partial charge in [0, 0.05) is 24.3 Å². The van der Waals surface area contributed by atoms with Crippen LogP contribution >= 0.6 is 0 Å². The van der Waals surface area contributed by atoms with Crippen LogP contribution in [0.4, 0.5) is 15.8 Å². The van der Waals surface area contributed by atoms with Crippen molar-refractivity contribution in [3.8, 4) is 0 Å². The van der Waals surface area contributed by atoms with Crippen LogP contribution in [0.25, 0.3) is 0 Å². The van der Waals surface area contributed by atoms with E-state index in [0.717, 1.165) is 5.56 Å². The van der Waals surface area contributed by atoms with Crippen LogP contribution in [0.1, 0.15) is 12.0 Å². The van der Waals surface area contributed by atoms with Crippen LogP contribution < -0.4 is 10.2 Å². The molecule has 8 heteroatoms. The second kappa shape index (κ2) is 7.59. The molecule has 0 unspecified atom stereocenters. The Labute approximate surface area is 160 Å². The van der Waals surface area contributed by atoms with Crippen LogP contribution in [0.15, 0.2) is 61.2 Å². The van der Waals surface area contributed by atoms with Crippen LogP contribution in [0.2, 0.25) is 0 Å². The van der Waals surface area contributed by atoms with Crippen LogP contribution in [-0.4, -0.2) is 33.1 Å². The van der Waals surface area contributed by atoms with E-state index < -0.39 is 5.92 Å². The van der Waals surface area contributed by atoms with Gasteiger partial charge >= 0.3 is 0 Å². The molecule has 2 aromatic carbocycles. The van der Waals surface area contributed by atoms with Gasteiger partial charge in [-0.25, -0.2) is 14.1 Å². The minimum absolute atomic E-state index is 0.133. The van der Waals surface area contributed by atoms with Gasteiger partial charge in [-0.05, 0) is 42.0 Å². The van der Waals surface area contributed by atoms with Crippen LogP contribution in [-0.2, 0) is 16.1 Å². The number of halogens is 1. The fraction of sp³-hybridized carbons (Fsp3) is 0.200. The first-order valence-electron chi connectivity index (χ1n) is 8.86. The van der Waals surface area contributed by atoms with Crippen molar-refractivity contribution in [2.75, 3.05) is 16.8 Å². The molecule has 1 fully saturated rings. The predicted molar refractivity (Wildman–Crippen MR) is 101 cm³/mol. The smallest absolute Gasteiger partial charge is 0.229 e. The fourth-order valence-corrected chi connectivity index (χ4v) is 3.19. The van der Waals surface area contributed by atoms with Gasteiger partial charge in [0.15, 0.2) is 0 Å². The summed E-state index contributed by atoms with van der Waals surface area (Å²) in [6.45, 7) is 0.874. The number of anilines is 2. The number of hydrogen-bond acceptors (Lipinski definition) is 4. The van der Waals surface area contributed by atoms with Gasteiger partial charge in [-0.3, -0.25) is 9.59 Å². The van der Waals surface area contributed by atoms with Crippen LogP contribution in [0, 0.1) is 11.7 Å². The molecule has 1 N–H and O–H groups in total. The molecule has 0 spiro atoms. The van der Waals surface area contributed by atoms with Gasteiger partial charge in [0.05, 0.1) is 12.5 Å². The Bertz CT molecular complexity index is 971. The minimum Gasteiger partial charge on any atom is -0.326 e. The number of nitrogens with one attached hydrogen (secondary N) is 1. The highest BCUT2D eigenvalue weighted by Gasteiger charge is 2.35. The summed E-state index contributed by atoms with van der Waals surface area (Å²) in [4.78, 5) is 30.2. The molecule has 0 bridgehead atoms. The van der Waals surface area contributed by atoms with Crippen molar-refractivity contribution in [3.63, 3.8) is 0 Å². The van der Waals surface area contributed by atoms with E-state index >= 15 is 0 Å². The lowest BCUT2D eigenvalue weighted by atomic mass is 10.1. The first kappa shape index (κ1) is 17.8. The van der Waals surface area contributed by atoms with E-state index in [2.05, 4.69) is 15.4 Å².